The molecule has 1 aliphatic heterocycles. The van der Waals surface area contributed by atoms with Gasteiger partial charge in [0, 0.05) is 11.3 Å². The summed E-state index contributed by atoms with van der Waals surface area (Å²) in [4.78, 5) is 12.2. The van der Waals surface area contributed by atoms with Crippen LogP contribution >= 0.6 is 11.8 Å². The van der Waals surface area contributed by atoms with Crippen molar-refractivity contribution in [2.24, 2.45) is 0 Å². The minimum atomic E-state index is -0.296. The van der Waals surface area contributed by atoms with Gasteiger partial charge in [-0.3, -0.25) is 4.79 Å². The van der Waals surface area contributed by atoms with E-state index in [1.165, 1.54) is 0 Å². The van der Waals surface area contributed by atoms with E-state index in [9.17, 15) is 4.79 Å². The lowest BCUT2D eigenvalue weighted by Crippen LogP contribution is -2.34. The molecule has 0 aromatic heterocycles. The number of hydrogen-bond donors (Lipinski definition) is 2. The molecule has 19 heavy (non-hydrogen) atoms. The van der Waals surface area contributed by atoms with Crippen molar-refractivity contribution in [1.29, 1.82) is 0 Å². The Morgan fingerprint density at radius 3 is 2.79 bits per heavy atom. The second-order valence-electron chi connectivity index (χ2n) is 4.67. The number of aliphatic hydroxyl groups excluding tert-OH is 1. The first-order chi connectivity index (χ1) is 9.14. The predicted molar refractivity (Wildman–Crippen MR) is 79.1 cm³/mol. The summed E-state index contributed by atoms with van der Waals surface area (Å²) >= 11 is 1.72. The van der Waals surface area contributed by atoms with Gasteiger partial charge in [0.1, 0.15) is 6.61 Å². The maximum absolute atomic E-state index is 12.2. The molecule has 0 radical (unpaired) electrons. The highest BCUT2D eigenvalue weighted by Crippen LogP contribution is 2.38. The number of aliphatic hydroxyl groups is 1. The van der Waals surface area contributed by atoms with Gasteiger partial charge in [0.05, 0.1) is 4.75 Å². The fourth-order valence-corrected chi connectivity index (χ4v) is 3.21. The highest BCUT2D eigenvalue weighted by Gasteiger charge is 2.37. The van der Waals surface area contributed by atoms with Crippen LogP contribution < -0.4 is 5.32 Å². The van der Waals surface area contributed by atoms with E-state index in [2.05, 4.69) is 17.2 Å². The van der Waals surface area contributed by atoms with Crippen molar-refractivity contribution in [3.05, 3.63) is 29.8 Å². The third kappa shape index (κ3) is 3.52. The lowest BCUT2D eigenvalue weighted by molar-refractivity contribution is -0.118. The third-order valence-electron chi connectivity index (χ3n) is 3.15. The van der Waals surface area contributed by atoms with Crippen molar-refractivity contribution in [3.63, 3.8) is 0 Å². The molecule has 1 saturated heterocycles. The van der Waals surface area contributed by atoms with Gasteiger partial charge in [-0.2, -0.15) is 0 Å². The summed E-state index contributed by atoms with van der Waals surface area (Å²) in [6.07, 6.45) is 2.04. The van der Waals surface area contributed by atoms with Gasteiger partial charge >= 0.3 is 0 Å². The first-order valence-electron chi connectivity index (χ1n) is 6.29. The van der Waals surface area contributed by atoms with Gasteiger partial charge < -0.3 is 10.4 Å². The maximum Gasteiger partial charge on any atom is 0.240 e. The molecule has 1 aromatic rings. The SMILES string of the molecule is CC1(C(=O)Nc2ccc(C#CCO)cc2)CCCS1. The molecule has 1 amide bonds. The van der Waals surface area contributed by atoms with Crippen LogP contribution in [0.2, 0.25) is 0 Å². The van der Waals surface area contributed by atoms with E-state index in [0.717, 1.165) is 29.8 Å². The number of carbonyl (C=O) groups excluding carboxylic acids is 1. The normalized spacial score (nSPS) is 21.6. The third-order valence-corrected chi connectivity index (χ3v) is 4.67. The van der Waals surface area contributed by atoms with Crippen molar-refractivity contribution in [2.45, 2.75) is 24.5 Å². The number of thioether (sulfide) groups is 1. The minimum absolute atomic E-state index is 0.0733. The van der Waals surface area contributed by atoms with E-state index < -0.39 is 0 Å². The average Bonchev–Trinajstić information content (AvgIpc) is 2.86. The number of nitrogens with one attached hydrogen (secondary N) is 1. The van der Waals surface area contributed by atoms with Crippen LogP contribution in [0.3, 0.4) is 0 Å². The zero-order valence-corrected chi connectivity index (χ0v) is 11.7. The zero-order chi connectivity index (χ0) is 13.7. The molecule has 2 rings (SSSR count). The number of benzene rings is 1. The Labute approximate surface area is 117 Å². The minimum Gasteiger partial charge on any atom is -0.384 e. The Hall–Kier alpha value is -1.44. The van der Waals surface area contributed by atoms with Gasteiger partial charge in [-0.25, -0.2) is 0 Å². The Morgan fingerprint density at radius 1 is 1.47 bits per heavy atom. The van der Waals surface area contributed by atoms with Gasteiger partial charge in [-0.1, -0.05) is 11.8 Å². The maximum atomic E-state index is 12.2. The Kier molecular flexibility index (Phi) is 4.52. The zero-order valence-electron chi connectivity index (χ0n) is 10.9. The largest absolute Gasteiger partial charge is 0.384 e. The van der Waals surface area contributed by atoms with Gasteiger partial charge in [-0.15, -0.1) is 11.8 Å². The molecule has 0 spiro atoms. The highest BCUT2D eigenvalue weighted by atomic mass is 32.2. The summed E-state index contributed by atoms with van der Waals surface area (Å²) in [7, 11) is 0. The van der Waals surface area contributed by atoms with Crippen LogP contribution in [-0.4, -0.2) is 28.1 Å². The molecule has 0 aliphatic carbocycles. The summed E-state index contributed by atoms with van der Waals surface area (Å²) in [6, 6.07) is 7.34. The molecule has 1 atom stereocenters. The molecule has 0 bridgehead atoms. The Bertz CT molecular complexity index is 507. The standard InChI is InChI=1S/C15H17NO2S/c1-15(9-3-11-19-15)14(18)16-13-7-5-12(6-8-13)4-2-10-17/h5-8,17H,3,9-11H2,1H3,(H,16,18). The van der Waals surface area contributed by atoms with Crippen LogP contribution in [0.4, 0.5) is 5.69 Å². The number of carbonyl (C=O) groups is 1. The van der Waals surface area contributed by atoms with Crippen molar-refractivity contribution >= 4 is 23.4 Å². The first kappa shape index (κ1) is 14.0. The molecule has 3 nitrogen and oxygen atoms in total. The molecule has 100 valence electrons. The Balaban J connectivity index is 2.01. The number of anilines is 1. The fraction of sp³-hybridized carbons (Fsp3) is 0.400. The van der Waals surface area contributed by atoms with Crippen LogP contribution in [0.5, 0.6) is 0 Å². The van der Waals surface area contributed by atoms with Crippen LogP contribution in [0.1, 0.15) is 25.3 Å². The molecule has 1 fully saturated rings. The summed E-state index contributed by atoms with van der Waals surface area (Å²) in [5.41, 5.74) is 1.61. The molecule has 4 heteroatoms. The van der Waals surface area contributed by atoms with Crippen molar-refractivity contribution in [3.8, 4) is 11.8 Å². The smallest absolute Gasteiger partial charge is 0.240 e. The van der Waals surface area contributed by atoms with Crippen LogP contribution in [0, 0.1) is 11.8 Å². The number of hydrogen-bond acceptors (Lipinski definition) is 3. The van der Waals surface area contributed by atoms with E-state index in [1.54, 1.807) is 11.8 Å². The fourth-order valence-electron chi connectivity index (χ4n) is 2.00. The molecule has 1 aliphatic rings. The van der Waals surface area contributed by atoms with Crippen molar-refractivity contribution in [1.82, 2.24) is 0 Å². The van der Waals surface area contributed by atoms with E-state index in [0.29, 0.717) is 0 Å². The lowest BCUT2D eigenvalue weighted by atomic mass is 10.0. The van der Waals surface area contributed by atoms with Crippen molar-refractivity contribution < 1.29 is 9.90 Å². The van der Waals surface area contributed by atoms with Gasteiger partial charge in [0.2, 0.25) is 5.91 Å². The van der Waals surface area contributed by atoms with E-state index >= 15 is 0 Å². The topological polar surface area (TPSA) is 49.3 Å². The second kappa shape index (κ2) is 6.14. The molecule has 2 N–H and O–H groups in total. The van der Waals surface area contributed by atoms with Crippen LogP contribution in [-0.2, 0) is 4.79 Å². The summed E-state index contributed by atoms with van der Waals surface area (Å²) in [5.74, 6) is 6.54. The molecular weight excluding hydrogens is 258 g/mol. The quantitative estimate of drug-likeness (QED) is 0.814. The number of amides is 1. The molecule has 1 heterocycles. The van der Waals surface area contributed by atoms with Gasteiger partial charge in [-0.05, 0) is 49.8 Å². The molecular formula is C15H17NO2S. The number of rotatable bonds is 2. The average molecular weight is 275 g/mol. The van der Waals surface area contributed by atoms with E-state index in [1.807, 2.05) is 31.2 Å². The molecule has 1 aromatic carbocycles. The predicted octanol–water partition coefficient (Wildman–Crippen LogP) is 2.25. The summed E-state index contributed by atoms with van der Waals surface area (Å²) < 4.78 is -0.296. The monoisotopic (exact) mass is 275 g/mol. The van der Waals surface area contributed by atoms with Gasteiger partial charge in [0.25, 0.3) is 0 Å². The summed E-state index contributed by atoms with van der Waals surface area (Å²) in [5, 5.41) is 11.6. The Morgan fingerprint density at radius 2 is 2.21 bits per heavy atom. The first-order valence-corrected chi connectivity index (χ1v) is 7.28. The van der Waals surface area contributed by atoms with Crippen LogP contribution in [0.25, 0.3) is 0 Å². The second-order valence-corrected chi connectivity index (χ2v) is 6.27. The van der Waals surface area contributed by atoms with Gasteiger partial charge in [0.15, 0.2) is 0 Å². The highest BCUT2D eigenvalue weighted by molar-refractivity contribution is 8.01. The van der Waals surface area contributed by atoms with E-state index in [-0.39, 0.29) is 17.3 Å². The molecule has 1 unspecified atom stereocenters. The lowest BCUT2D eigenvalue weighted by Gasteiger charge is -2.21. The van der Waals surface area contributed by atoms with Crippen molar-refractivity contribution in [2.75, 3.05) is 17.7 Å². The molecule has 0 saturated carbocycles. The van der Waals surface area contributed by atoms with E-state index in [4.69, 9.17) is 5.11 Å². The van der Waals surface area contributed by atoms with Crippen LogP contribution in [0.15, 0.2) is 24.3 Å². The summed E-state index contributed by atoms with van der Waals surface area (Å²) in [6.45, 7) is 1.86.